The predicted molar refractivity (Wildman–Crippen MR) is 103 cm³/mol. The van der Waals surface area contributed by atoms with Crippen molar-refractivity contribution in [3.63, 3.8) is 0 Å². The summed E-state index contributed by atoms with van der Waals surface area (Å²) in [5, 5.41) is 11.6. The summed E-state index contributed by atoms with van der Waals surface area (Å²) in [5.74, 6) is 0.101. The van der Waals surface area contributed by atoms with Crippen LogP contribution in [0.2, 0.25) is 0 Å². The molecular formula is C18H24FN5O2S. The van der Waals surface area contributed by atoms with Gasteiger partial charge >= 0.3 is 0 Å². The first-order valence-corrected chi connectivity index (χ1v) is 9.65. The Kier molecular flexibility index (Phi) is 7.35. The number of carbonyl (C=O) groups excluding carboxylic acids is 2. The Morgan fingerprint density at radius 2 is 1.93 bits per heavy atom. The highest BCUT2D eigenvalue weighted by molar-refractivity contribution is 7.99. The number of nitrogens with one attached hydrogen (secondary N) is 1. The highest BCUT2D eigenvalue weighted by Gasteiger charge is 2.18. The minimum absolute atomic E-state index is 0.0317. The fraction of sp³-hybridized carbons (Fsp3) is 0.444. The van der Waals surface area contributed by atoms with Gasteiger partial charge in [-0.1, -0.05) is 11.8 Å². The topological polar surface area (TPSA) is 80.1 Å². The summed E-state index contributed by atoms with van der Waals surface area (Å²) < 4.78 is 14.8. The van der Waals surface area contributed by atoms with Gasteiger partial charge in [-0.15, -0.1) is 10.2 Å². The van der Waals surface area contributed by atoms with Crippen LogP contribution in [0.5, 0.6) is 0 Å². The van der Waals surface area contributed by atoms with E-state index in [1.165, 1.54) is 28.8 Å². The van der Waals surface area contributed by atoms with Crippen LogP contribution in [0.1, 0.15) is 20.8 Å². The molecular weight excluding hydrogens is 369 g/mol. The van der Waals surface area contributed by atoms with E-state index in [-0.39, 0.29) is 36.0 Å². The van der Waals surface area contributed by atoms with Crippen molar-refractivity contribution in [2.24, 2.45) is 7.05 Å². The molecule has 9 heteroatoms. The van der Waals surface area contributed by atoms with Crippen molar-refractivity contribution in [2.45, 2.75) is 32.0 Å². The zero-order valence-corrected chi connectivity index (χ0v) is 16.7. The molecule has 0 spiro atoms. The number of halogens is 1. The molecule has 0 atom stereocenters. The van der Waals surface area contributed by atoms with E-state index < -0.39 is 0 Å². The van der Waals surface area contributed by atoms with Gasteiger partial charge in [-0.25, -0.2) is 4.39 Å². The smallest absolute Gasteiger partial charge is 0.239 e. The van der Waals surface area contributed by atoms with E-state index in [0.717, 1.165) is 5.56 Å². The summed E-state index contributed by atoms with van der Waals surface area (Å²) in [6.45, 7) is 6.07. The Hall–Kier alpha value is -2.42. The first-order chi connectivity index (χ1) is 12.8. The highest BCUT2D eigenvalue weighted by atomic mass is 32.2. The SMILES string of the molecule is CCN(CC(=O)NC(C)C)C(=O)CSc1nnc(-c2ccc(F)cc2)n1C. The molecule has 2 aromatic rings. The van der Waals surface area contributed by atoms with Crippen LogP contribution in [0.15, 0.2) is 29.4 Å². The number of amides is 2. The van der Waals surface area contributed by atoms with Crippen molar-refractivity contribution >= 4 is 23.6 Å². The van der Waals surface area contributed by atoms with Gasteiger partial charge in [-0.3, -0.25) is 9.59 Å². The number of aromatic nitrogens is 3. The number of hydrogen-bond acceptors (Lipinski definition) is 5. The molecule has 1 aromatic heterocycles. The van der Waals surface area contributed by atoms with Crippen LogP contribution in [0, 0.1) is 5.82 Å². The zero-order valence-electron chi connectivity index (χ0n) is 15.9. The molecule has 2 amide bonds. The molecule has 0 aliphatic rings. The third-order valence-corrected chi connectivity index (χ3v) is 4.79. The van der Waals surface area contributed by atoms with E-state index in [1.54, 1.807) is 23.7 Å². The van der Waals surface area contributed by atoms with Crippen LogP contribution >= 0.6 is 11.8 Å². The van der Waals surface area contributed by atoms with Gasteiger partial charge in [-0.2, -0.15) is 0 Å². The quantitative estimate of drug-likeness (QED) is 0.695. The normalized spacial score (nSPS) is 10.9. The molecule has 0 saturated heterocycles. The lowest BCUT2D eigenvalue weighted by Crippen LogP contribution is -2.43. The molecule has 0 bridgehead atoms. The van der Waals surface area contributed by atoms with E-state index in [1.807, 2.05) is 20.8 Å². The fourth-order valence-electron chi connectivity index (χ4n) is 2.43. The highest BCUT2D eigenvalue weighted by Crippen LogP contribution is 2.23. The van der Waals surface area contributed by atoms with Crippen molar-refractivity contribution in [3.05, 3.63) is 30.1 Å². The molecule has 27 heavy (non-hydrogen) atoms. The molecule has 146 valence electrons. The Morgan fingerprint density at radius 1 is 1.26 bits per heavy atom. The number of benzene rings is 1. The summed E-state index contributed by atoms with van der Waals surface area (Å²) in [7, 11) is 1.79. The summed E-state index contributed by atoms with van der Waals surface area (Å²) >= 11 is 1.25. The Balaban J connectivity index is 1.98. The summed E-state index contributed by atoms with van der Waals surface area (Å²) in [6.07, 6.45) is 0. The lowest BCUT2D eigenvalue weighted by molar-refractivity contribution is -0.134. The fourth-order valence-corrected chi connectivity index (χ4v) is 3.24. The molecule has 1 N–H and O–H groups in total. The molecule has 0 radical (unpaired) electrons. The van der Waals surface area contributed by atoms with Gasteiger partial charge in [0.05, 0.1) is 12.3 Å². The lowest BCUT2D eigenvalue weighted by atomic mass is 10.2. The average Bonchev–Trinajstić information content (AvgIpc) is 2.98. The van der Waals surface area contributed by atoms with E-state index >= 15 is 0 Å². The first kappa shape index (κ1) is 20.9. The molecule has 0 fully saturated rings. The van der Waals surface area contributed by atoms with Gasteiger partial charge in [-0.05, 0) is 45.0 Å². The van der Waals surface area contributed by atoms with Crippen LogP contribution in [-0.2, 0) is 16.6 Å². The van der Waals surface area contributed by atoms with Gasteiger partial charge in [0.25, 0.3) is 0 Å². The van der Waals surface area contributed by atoms with Crippen molar-refractivity contribution in [2.75, 3.05) is 18.8 Å². The molecule has 7 nitrogen and oxygen atoms in total. The minimum atomic E-state index is -0.317. The van der Waals surface area contributed by atoms with Crippen LogP contribution in [0.25, 0.3) is 11.4 Å². The average molecular weight is 393 g/mol. The van der Waals surface area contributed by atoms with Gasteiger partial charge in [0.1, 0.15) is 5.82 Å². The van der Waals surface area contributed by atoms with Crippen LogP contribution in [0.3, 0.4) is 0 Å². The van der Waals surface area contributed by atoms with Gasteiger partial charge in [0, 0.05) is 25.2 Å². The van der Waals surface area contributed by atoms with E-state index in [4.69, 9.17) is 0 Å². The Labute approximate surface area is 162 Å². The van der Waals surface area contributed by atoms with Crippen molar-refractivity contribution in [1.29, 1.82) is 0 Å². The largest absolute Gasteiger partial charge is 0.352 e. The molecule has 0 aliphatic heterocycles. The van der Waals surface area contributed by atoms with E-state index in [0.29, 0.717) is 17.5 Å². The van der Waals surface area contributed by atoms with Crippen molar-refractivity contribution < 1.29 is 14.0 Å². The van der Waals surface area contributed by atoms with Crippen molar-refractivity contribution in [1.82, 2.24) is 25.0 Å². The van der Waals surface area contributed by atoms with Gasteiger partial charge < -0.3 is 14.8 Å². The van der Waals surface area contributed by atoms with Gasteiger partial charge in [0.2, 0.25) is 11.8 Å². The van der Waals surface area contributed by atoms with E-state index in [9.17, 15) is 14.0 Å². The third-order valence-electron chi connectivity index (χ3n) is 3.78. The molecule has 1 aromatic carbocycles. The molecule has 0 aliphatic carbocycles. The zero-order chi connectivity index (χ0) is 20.0. The second-order valence-electron chi connectivity index (χ2n) is 6.29. The second-order valence-corrected chi connectivity index (χ2v) is 7.23. The van der Waals surface area contributed by atoms with Crippen molar-refractivity contribution in [3.8, 4) is 11.4 Å². The maximum absolute atomic E-state index is 13.1. The lowest BCUT2D eigenvalue weighted by Gasteiger charge is -2.20. The summed E-state index contributed by atoms with van der Waals surface area (Å²) in [5.41, 5.74) is 0.741. The number of hydrogen-bond donors (Lipinski definition) is 1. The predicted octanol–water partition coefficient (Wildman–Crippen LogP) is 2.09. The molecule has 2 rings (SSSR count). The maximum Gasteiger partial charge on any atom is 0.239 e. The number of rotatable bonds is 8. The molecule has 0 saturated carbocycles. The number of thioether (sulfide) groups is 1. The first-order valence-electron chi connectivity index (χ1n) is 8.67. The monoisotopic (exact) mass is 393 g/mol. The van der Waals surface area contributed by atoms with Gasteiger partial charge in [0.15, 0.2) is 11.0 Å². The van der Waals surface area contributed by atoms with E-state index in [2.05, 4.69) is 15.5 Å². The summed E-state index contributed by atoms with van der Waals surface area (Å²) in [4.78, 5) is 25.8. The van der Waals surface area contributed by atoms with Crippen LogP contribution in [-0.4, -0.2) is 56.4 Å². The maximum atomic E-state index is 13.1. The molecule has 1 heterocycles. The second kappa shape index (κ2) is 9.50. The minimum Gasteiger partial charge on any atom is -0.352 e. The number of likely N-dealkylation sites (N-methyl/N-ethyl adjacent to an activating group) is 1. The standard InChI is InChI=1S/C18H24FN5O2S/c1-5-24(10-15(25)20-12(2)3)16(26)11-27-18-22-21-17(23(18)4)13-6-8-14(19)9-7-13/h6-9,12H,5,10-11H2,1-4H3,(H,20,25). The van der Waals surface area contributed by atoms with Crippen LogP contribution < -0.4 is 5.32 Å². The van der Waals surface area contributed by atoms with Crippen LogP contribution in [0.4, 0.5) is 4.39 Å². The Morgan fingerprint density at radius 3 is 2.52 bits per heavy atom. The molecule has 0 unspecified atom stereocenters. The number of carbonyl (C=O) groups is 2. The summed E-state index contributed by atoms with van der Waals surface area (Å²) in [6, 6.07) is 6.02. The Bertz CT molecular complexity index is 792. The number of nitrogens with zero attached hydrogens (tertiary/aromatic N) is 4. The third kappa shape index (κ3) is 5.78.